The van der Waals surface area contributed by atoms with E-state index in [9.17, 15) is 4.79 Å². The lowest BCUT2D eigenvalue weighted by molar-refractivity contribution is -0.162. The van der Waals surface area contributed by atoms with E-state index in [-0.39, 0.29) is 6.10 Å². The quantitative estimate of drug-likeness (QED) is 0.683. The summed E-state index contributed by atoms with van der Waals surface area (Å²) in [6.07, 6.45) is 4.28. The second kappa shape index (κ2) is 4.14. The Balaban J connectivity index is 2.35. The molecule has 2 rings (SSSR count). The topological polar surface area (TPSA) is 26.3 Å². The maximum absolute atomic E-state index is 12.4. The van der Waals surface area contributed by atoms with Crippen LogP contribution < -0.4 is 0 Å². The van der Waals surface area contributed by atoms with Crippen LogP contribution in [0, 0.1) is 17.8 Å². The van der Waals surface area contributed by atoms with Gasteiger partial charge in [-0.05, 0) is 37.5 Å². The minimum absolute atomic E-state index is 0.120. The molecule has 1 aliphatic heterocycles. The molecule has 4 atom stereocenters. The van der Waals surface area contributed by atoms with Gasteiger partial charge in [-0.2, -0.15) is 0 Å². The van der Waals surface area contributed by atoms with Crippen molar-refractivity contribution in [2.45, 2.75) is 65.1 Å². The van der Waals surface area contributed by atoms with E-state index in [1.807, 2.05) is 6.92 Å². The van der Waals surface area contributed by atoms with Gasteiger partial charge in [0.1, 0.15) is 5.60 Å². The van der Waals surface area contributed by atoms with Gasteiger partial charge in [0, 0.05) is 6.42 Å². The number of hydrogen-bond donors (Lipinski definition) is 0. The highest BCUT2D eigenvalue weighted by molar-refractivity contribution is 5.90. The number of rotatable bonds is 1. The van der Waals surface area contributed by atoms with Gasteiger partial charge in [-0.25, -0.2) is 0 Å². The molecule has 0 N–H and O–H groups in total. The van der Waals surface area contributed by atoms with Crippen LogP contribution in [0.3, 0.4) is 0 Å². The molecule has 2 heteroatoms. The molecule has 1 aliphatic carbocycles. The zero-order valence-corrected chi connectivity index (χ0v) is 11.0. The lowest BCUT2D eigenvalue weighted by Crippen LogP contribution is -2.53. The maximum atomic E-state index is 12.4. The third kappa shape index (κ3) is 1.62. The van der Waals surface area contributed by atoms with E-state index in [0.717, 1.165) is 12.8 Å². The van der Waals surface area contributed by atoms with Gasteiger partial charge in [-0.3, -0.25) is 4.79 Å². The summed E-state index contributed by atoms with van der Waals surface area (Å²) in [6, 6.07) is 0. The van der Waals surface area contributed by atoms with Gasteiger partial charge in [-0.15, -0.1) is 0 Å². The maximum Gasteiger partial charge on any atom is 0.167 e. The Morgan fingerprint density at radius 3 is 2.50 bits per heavy atom. The van der Waals surface area contributed by atoms with Gasteiger partial charge in [0.15, 0.2) is 5.78 Å². The molecular formula is C14H24O2. The van der Waals surface area contributed by atoms with Crippen molar-refractivity contribution in [1.82, 2.24) is 0 Å². The predicted octanol–water partition coefficient (Wildman–Crippen LogP) is 3.20. The van der Waals surface area contributed by atoms with Gasteiger partial charge < -0.3 is 4.74 Å². The highest BCUT2D eigenvalue weighted by atomic mass is 16.5. The second-order valence-corrected chi connectivity index (χ2v) is 6.03. The molecule has 0 aromatic heterocycles. The fraction of sp³-hybridized carbons (Fsp3) is 0.929. The molecule has 1 saturated heterocycles. The van der Waals surface area contributed by atoms with Crippen LogP contribution in [-0.4, -0.2) is 17.5 Å². The van der Waals surface area contributed by atoms with Crippen LogP contribution in [0.1, 0.15) is 53.4 Å². The van der Waals surface area contributed by atoms with Crippen molar-refractivity contribution in [3.63, 3.8) is 0 Å². The number of carbonyl (C=O) groups excluding carboxylic acids is 1. The van der Waals surface area contributed by atoms with Gasteiger partial charge >= 0.3 is 0 Å². The molecule has 16 heavy (non-hydrogen) atoms. The molecule has 1 saturated carbocycles. The average Bonchev–Trinajstić information content (AvgIpc) is 2.47. The van der Waals surface area contributed by atoms with Crippen LogP contribution in [0.25, 0.3) is 0 Å². The first kappa shape index (κ1) is 12.1. The summed E-state index contributed by atoms with van der Waals surface area (Å²) in [4.78, 5) is 12.4. The number of carbonyl (C=O) groups is 1. The lowest BCUT2D eigenvalue weighted by Gasteiger charge is -2.46. The zero-order chi connectivity index (χ0) is 11.9. The van der Waals surface area contributed by atoms with Crippen molar-refractivity contribution in [2.75, 3.05) is 0 Å². The van der Waals surface area contributed by atoms with Gasteiger partial charge in [-0.1, -0.05) is 27.2 Å². The van der Waals surface area contributed by atoms with Crippen molar-refractivity contribution in [3.8, 4) is 0 Å². The van der Waals surface area contributed by atoms with E-state index in [2.05, 4.69) is 20.8 Å². The summed E-state index contributed by atoms with van der Waals surface area (Å²) in [5.41, 5.74) is -0.439. The molecule has 0 bridgehead atoms. The fourth-order valence-corrected chi connectivity index (χ4v) is 3.81. The van der Waals surface area contributed by atoms with E-state index >= 15 is 0 Å². The minimum Gasteiger partial charge on any atom is -0.363 e. The predicted molar refractivity (Wildman–Crippen MR) is 64.2 cm³/mol. The zero-order valence-electron chi connectivity index (χ0n) is 11.0. The Morgan fingerprint density at radius 2 is 2.00 bits per heavy atom. The SMILES string of the molecule is CC1CC(=O)C2(O1)C(C)CCCC2C(C)C. The second-order valence-electron chi connectivity index (χ2n) is 6.03. The number of hydrogen-bond acceptors (Lipinski definition) is 2. The smallest absolute Gasteiger partial charge is 0.167 e. The fourth-order valence-electron chi connectivity index (χ4n) is 3.81. The van der Waals surface area contributed by atoms with Crippen LogP contribution in [0.4, 0.5) is 0 Å². The van der Waals surface area contributed by atoms with Gasteiger partial charge in [0.25, 0.3) is 0 Å². The lowest BCUT2D eigenvalue weighted by atomic mass is 9.63. The summed E-state index contributed by atoms with van der Waals surface area (Å²) in [5, 5.41) is 0. The summed E-state index contributed by atoms with van der Waals surface area (Å²) < 4.78 is 6.14. The molecular weight excluding hydrogens is 200 g/mol. The molecule has 2 aliphatic rings. The number of ether oxygens (including phenoxy) is 1. The monoisotopic (exact) mass is 224 g/mol. The van der Waals surface area contributed by atoms with Crippen molar-refractivity contribution in [3.05, 3.63) is 0 Å². The first-order valence-corrected chi connectivity index (χ1v) is 6.69. The summed E-state index contributed by atoms with van der Waals surface area (Å²) in [7, 11) is 0. The molecule has 1 spiro atoms. The van der Waals surface area contributed by atoms with Crippen molar-refractivity contribution in [1.29, 1.82) is 0 Å². The minimum atomic E-state index is -0.439. The van der Waals surface area contributed by atoms with Crippen LogP contribution >= 0.6 is 0 Å². The number of ketones is 1. The van der Waals surface area contributed by atoms with E-state index in [0.29, 0.717) is 30.0 Å². The molecule has 2 nitrogen and oxygen atoms in total. The van der Waals surface area contributed by atoms with E-state index in [1.165, 1.54) is 6.42 Å². The Hall–Kier alpha value is -0.370. The standard InChI is InChI=1S/C14H24O2/c1-9(2)12-7-5-6-10(3)14(12)13(15)8-11(4)16-14/h9-12H,5-8H2,1-4H3. The van der Waals surface area contributed by atoms with Crippen LogP contribution in [0.2, 0.25) is 0 Å². The molecule has 0 radical (unpaired) electrons. The highest BCUT2D eigenvalue weighted by Crippen LogP contribution is 2.49. The summed E-state index contributed by atoms with van der Waals surface area (Å²) in [6.45, 7) is 8.68. The van der Waals surface area contributed by atoms with Crippen LogP contribution in [0.15, 0.2) is 0 Å². The normalized spacial score (nSPS) is 44.6. The summed E-state index contributed by atoms with van der Waals surface area (Å²) >= 11 is 0. The first-order valence-electron chi connectivity index (χ1n) is 6.69. The molecule has 0 aromatic rings. The highest BCUT2D eigenvalue weighted by Gasteiger charge is 2.57. The van der Waals surface area contributed by atoms with Gasteiger partial charge in [0.05, 0.1) is 6.10 Å². The Morgan fingerprint density at radius 1 is 1.31 bits per heavy atom. The average molecular weight is 224 g/mol. The van der Waals surface area contributed by atoms with E-state index < -0.39 is 5.60 Å². The summed E-state index contributed by atoms with van der Waals surface area (Å²) in [5.74, 6) is 1.72. The van der Waals surface area contributed by atoms with Gasteiger partial charge in [0.2, 0.25) is 0 Å². The molecule has 0 aromatic carbocycles. The Labute approximate surface area is 98.7 Å². The Bertz CT molecular complexity index is 284. The third-order valence-corrected chi connectivity index (χ3v) is 4.54. The molecule has 2 fully saturated rings. The molecule has 92 valence electrons. The number of Topliss-reactive ketones (excluding diaryl/α,β-unsaturated/α-hetero) is 1. The first-order chi connectivity index (χ1) is 7.48. The molecule has 0 amide bonds. The largest absolute Gasteiger partial charge is 0.363 e. The third-order valence-electron chi connectivity index (χ3n) is 4.54. The van der Waals surface area contributed by atoms with Crippen molar-refractivity contribution < 1.29 is 9.53 Å². The Kier molecular flexibility index (Phi) is 3.13. The van der Waals surface area contributed by atoms with Crippen molar-refractivity contribution >= 4 is 5.78 Å². The van der Waals surface area contributed by atoms with Crippen molar-refractivity contribution in [2.24, 2.45) is 17.8 Å². The van der Waals surface area contributed by atoms with E-state index in [4.69, 9.17) is 4.74 Å². The van der Waals surface area contributed by atoms with E-state index in [1.54, 1.807) is 0 Å². The van der Waals surface area contributed by atoms with Crippen LogP contribution in [0.5, 0.6) is 0 Å². The molecule has 4 unspecified atom stereocenters. The molecule has 1 heterocycles. The van der Waals surface area contributed by atoms with Crippen LogP contribution in [-0.2, 0) is 9.53 Å².